The number of anilines is 1. The van der Waals surface area contributed by atoms with E-state index in [1.807, 2.05) is 17.4 Å². The second kappa shape index (κ2) is 10.3. The number of carbonyl (C=O) groups excluding carboxylic acids is 1. The Morgan fingerprint density at radius 2 is 1.66 bits per heavy atom. The normalized spacial score (nSPS) is 10.9. The molecular weight excluding hydrogens is 494 g/mol. The van der Waals surface area contributed by atoms with Crippen molar-refractivity contribution >= 4 is 33.6 Å². The Morgan fingerprint density at radius 3 is 2.28 bits per heavy atom. The van der Waals surface area contributed by atoms with E-state index in [1.165, 1.54) is 13.2 Å². The minimum Gasteiger partial charge on any atom is -0.496 e. The van der Waals surface area contributed by atoms with Crippen molar-refractivity contribution in [3.8, 4) is 11.5 Å². The van der Waals surface area contributed by atoms with Crippen molar-refractivity contribution in [2.24, 2.45) is 0 Å². The zero-order valence-electron chi connectivity index (χ0n) is 16.6. The first-order valence-corrected chi connectivity index (χ1v) is 9.95. The lowest BCUT2D eigenvalue weighted by atomic mass is 10.1. The van der Waals surface area contributed by atoms with Gasteiger partial charge in [0.05, 0.1) is 7.11 Å². The molecule has 0 saturated carbocycles. The summed E-state index contributed by atoms with van der Waals surface area (Å²) in [5.74, 6) is -6.39. The molecule has 0 aliphatic carbocycles. The average molecular weight is 510 g/mol. The van der Waals surface area contributed by atoms with E-state index >= 15 is 0 Å². The number of methoxy groups -OCH3 is 1. The monoisotopic (exact) mass is 509 g/mol. The molecule has 0 heterocycles. The minimum atomic E-state index is -1.69. The maximum Gasteiger partial charge on any atom is 0.248 e. The molecule has 0 aliphatic heterocycles. The molecule has 1 N–H and O–H groups in total. The highest BCUT2D eigenvalue weighted by atomic mass is 79.9. The van der Waals surface area contributed by atoms with Crippen molar-refractivity contribution in [3.63, 3.8) is 0 Å². The molecule has 0 aliphatic rings. The Kier molecular flexibility index (Phi) is 7.53. The van der Waals surface area contributed by atoms with Gasteiger partial charge in [-0.05, 0) is 48.0 Å². The van der Waals surface area contributed by atoms with E-state index in [0.717, 1.165) is 10.5 Å². The van der Waals surface area contributed by atoms with Gasteiger partial charge in [-0.1, -0.05) is 22.0 Å². The molecule has 1 amide bonds. The molecule has 0 saturated heterocycles. The third kappa shape index (κ3) is 5.67. The molecule has 3 aromatic rings. The first kappa shape index (κ1) is 23.3. The number of amides is 1. The third-order valence-electron chi connectivity index (χ3n) is 4.30. The van der Waals surface area contributed by atoms with Crippen molar-refractivity contribution in [1.29, 1.82) is 0 Å². The first-order chi connectivity index (χ1) is 15.3. The van der Waals surface area contributed by atoms with Gasteiger partial charge in [0, 0.05) is 22.2 Å². The number of halogens is 5. The second-order valence-electron chi connectivity index (χ2n) is 6.48. The van der Waals surface area contributed by atoms with Crippen molar-refractivity contribution in [3.05, 3.63) is 93.5 Å². The van der Waals surface area contributed by atoms with Gasteiger partial charge < -0.3 is 14.8 Å². The zero-order chi connectivity index (χ0) is 23.3. The van der Waals surface area contributed by atoms with E-state index in [4.69, 9.17) is 9.47 Å². The van der Waals surface area contributed by atoms with Crippen molar-refractivity contribution in [1.82, 2.24) is 0 Å². The van der Waals surface area contributed by atoms with E-state index in [9.17, 15) is 22.4 Å². The highest BCUT2D eigenvalue weighted by Gasteiger charge is 2.20. The predicted molar refractivity (Wildman–Crippen MR) is 115 cm³/mol. The van der Waals surface area contributed by atoms with Gasteiger partial charge in [-0.15, -0.1) is 0 Å². The maximum absolute atomic E-state index is 13.7. The van der Waals surface area contributed by atoms with Gasteiger partial charge in [-0.3, -0.25) is 4.79 Å². The van der Waals surface area contributed by atoms with E-state index < -0.39 is 34.9 Å². The number of hydrogen-bond acceptors (Lipinski definition) is 3. The smallest absolute Gasteiger partial charge is 0.248 e. The summed E-state index contributed by atoms with van der Waals surface area (Å²) in [7, 11) is 1.50. The molecule has 4 nitrogen and oxygen atoms in total. The molecule has 3 aromatic carbocycles. The van der Waals surface area contributed by atoms with E-state index in [0.29, 0.717) is 22.6 Å². The summed E-state index contributed by atoms with van der Waals surface area (Å²) in [5, 5.41) is 1.81. The van der Waals surface area contributed by atoms with Crippen LogP contribution in [-0.4, -0.2) is 13.0 Å². The van der Waals surface area contributed by atoms with Crippen molar-refractivity contribution in [2.75, 3.05) is 12.4 Å². The number of carbonyl (C=O) groups is 1. The van der Waals surface area contributed by atoms with Crippen LogP contribution in [0.1, 0.15) is 11.1 Å². The van der Waals surface area contributed by atoms with Crippen LogP contribution in [0.25, 0.3) is 6.08 Å². The summed E-state index contributed by atoms with van der Waals surface area (Å²) < 4.78 is 65.9. The fourth-order valence-corrected chi connectivity index (χ4v) is 2.99. The van der Waals surface area contributed by atoms with Crippen LogP contribution in [0, 0.1) is 23.3 Å². The van der Waals surface area contributed by atoms with Gasteiger partial charge in [0.15, 0.2) is 23.3 Å². The lowest BCUT2D eigenvalue weighted by Gasteiger charge is -2.11. The Bertz CT molecular complexity index is 1140. The molecule has 0 radical (unpaired) electrons. The van der Waals surface area contributed by atoms with Crippen LogP contribution in [-0.2, 0) is 11.4 Å². The second-order valence-corrected chi connectivity index (χ2v) is 7.40. The lowest BCUT2D eigenvalue weighted by molar-refractivity contribution is -0.111. The molecule has 166 valence electrons. The van der Waals surface area contributed by atoms with Gasteiger partial charge in [0.25, 0.3) is 0 Å². The number of nitrogens with one attached hydrogen (secondary N) is 1. The van der Waals surface area contributed by atoms with E-state index in [-0.39, 0.29) is 12.7 Å². The average Bonchev–Trinajstić information content (AvgIpc) is 2.79. The largest absolute Gasteiger partial charge is 0.496 e. The Hall–Kier alpha value is -3.33. The van der Waals surface area contributed by atoms with Gasteiger partial charge in [0.1, 0.15) is 23.8 Å². The summed E-state index contributed by atoms with van der Waals surface area (Å²) in [6.07, 6.45) is 2.34. The summed E-state index contributed by atoms with van der Waals surface area (Å²) >= 11 is 3.34. The molecule has 0 unspecified atom stereocenters. The molecule has 3 rings (SSSR count). The summed E-state index contributed by atoms with van der Waals surface area (Å²) in [6, 6.07) is 12.3. The molecule has 0 atom stereocenters. The number of ether oxygens (including phenoxy) is 2. The molecule has 0 spiro atoms. The van der Waals surface area contributed by atoms with E-state index in [1.54, 1.807) is 30.3 Å². The van der Waals surface area contributed by atoms with Gasteiger partial charge in [0.2, 0.25) is 5.91 Å². The zero-order valence-corrected chi connectivity index (χ0v) is 18.2. The Balaban J connectivity index is 1.73. The SMILES string of the molecule is COc1ccc(/C=C/C(=O)Nc2c(F)c(F)cc(F)c2F)cc1COc1ccc(Br)cc1. The Labute approximate surface area is 189 Å². The fourth-order valence-electron chi connectivity index (χ4n) is 2.73. The number of benzene rings is 3. The minimum absolute atomic E-state index is 0.0609. The molecule has 0 aromatic heterocycles. The number of rotatable bonds is 7. The quantitative estimate of drug-likeness (QED) is 0.233. The summed E-state index contributed by atoms with van der Waals surface area (Å²) in [4.78, 5) is 12.0. The standard InChI is InChI=1S/C23H16BrF4NO3/c1-31-19-8-2-13(10-14(19)12-32-16-6-4-15(24)5-7-16)3-9-20(30)29-23-21(27)17(25)11-18(26)22(23)28/h2-11H,12H2,1H3,(H,29,30)/b9-3+. The highest BCUT2D eigenvalue weighted by molar-refractivity contribution is 9.10. The molecule has 0 fully saturated rings. The van der Waals surface area contributed by atoms with Crippen LogP contribution < -0.4 is 14.8 Å². The first-order valence-electron chi connectivity index (χ1n) is 9.16. The molecule has 9 heteroatoms. The van der Waals surface area contributed by atoms with Crippen LogP contribution in [0.5, 0.6) is 11.5 Å². The number of hydrogen-bond donors (Lipinski definition) is 1. The van der Waals surface area contributed by atoms with Crippen LogP contribution in [0.4, 0.5) is 23.2 Å². The van der Waals surface area contributed by atoms with Crippen LogP contribution in [0.15, 0.2) is 59.1 Å². The molecule has 32 heavy (non-hydrogen) atoms. The summed E-state index contributed by atoms with van der Waals surface area (Å²) in [6.45, 7) is 0.178. The summed E-state index contributed by atoms with van der Waals surface area (Å²) in [5.41, 5.74) is 0.0412. The van der Waals surface area contributed by atoms with Crippen molar-refractivity contribution in [2.45, 2.75) is 6.61 Å². The van der Waals surface area contributed by atoms with Crippen molar-refractivity contribution < 1.29 is 31.8 Å². The maximum atomic E-state index is 13.7. The molecule has 0 bridgehead atoms. The van der Waals surface area contributed by atoms with E-state index in [2.05, 4.69) is 15.9 Å². The van der Waals surface area contributed by atoms with Gasteiger partial charge in [-0.2, -0.15) is 0 Å². The fraction of sp³-hybridized carbons (Fsp3) is 0.0870. The third-order valence-corrected chi connectivity index (χ3v) is 4.83. The van der Waals surface area contributed by atoms with Crippen LogP contribution >= 0.6 is 15.9 Å². The highest BCUT2D eigenvalue weighted by Crippen LogP contribution is 2.25. The Morgan fingerprint density at radius 1 is 1.00 bits per heavy atom. The van der Waals surface area contributed by atoms with Gasteiger partial charge in [-0.25, -0.2) is 17.6 Å². The topological polar surface area (TPSA) is 47.6 Å². The molecular formula is C23H16BrF4NO3. The van der Waals surface area contributed by atoms with Gasteiger partial charge >= 0.3 is 0 Å². The van der Waals surface area contributed by atoms with Crippen LogP contribution in [0.3, 0.4) is 0 Å². The lowest BCUT2D eigenvalue weighted by Crippen LogP contribution is -2.13. The predicted octanol–water partition coefficient (Wildman–Crippen LogP) is 6.25. The van der Waals surface area contributed by atoms with Crippen LogP contribution in [0.2, 0.25) is 0 Å².